The monoisotopic (exact) mass is 333 g/mol. The molecule has 0 aliphatic carbocycles. The first-order valence-electron chi connectivity index (χ1n) is 7.89. The molecule has 0 fully saturated rings. The topological polar surface area (TPSA) is 30.5 Å². The highest BCUT2D eigenvalue weighted by atomic mass is 35.5. The Kier molecular flexibility index (Phi) is 6.75. The highest BCUT2D eigenvalue weighted by Crippen LogP contribution is 2.37. The lowest BCUT2D eigenvalue weighted by Gasteiger charge is -2.15. The zero-order valence-electron chi connectivity index (χ0n) is 14.0. The van der Waals surface area contributed by atoms with Gasteiger partial charge in [0.1, 0.15) is 6.61 Å². The number of nitrogens with one attached hydrogen (secondary N) is 1. The number of ether oxygens (including phenoxy) is 2. The van der Waals surface area contributed by atoms with Gasteiger partial charge in [-0.05, 0) is 43.1 Å². The molecular formula is C19H24ClNO2. The number of rotatable bonds is 8. The molecule has 23 heavy (non-hydrogen) atoms. The third kappa shape index (κ3) is 5.15. The van der Waals surface area contributed by atoms with Crippen LogP contribution in [0.3, 0.4) is 0 Å². The van der Waals surface area contributed by atoms with Crippen molar-refractivity contribution < 1.29 is 9.47 Å². The molecule has 0 bridgehead atoms. The maximum atomic E-state index is 6.39. The van der Waals surface area contributed by atoms with Gasteiger partial charge in [-0.3, -0.25) is 0 Å². The second-order valence-corrected chi connectivity index (χ2v) is 5.97. The van der Waals surface area contributed by atoms with Gasteiger partial charge in [-0.1, -0.05) is 48.4 Å². The summed E-state index contributed by atoms with van der Waals surface area (Å²) in [5, 5.41) is 3.93. The fourth-order valence-electron chi connectivity index (χ4n) is 2.38. The number of methoxy groups -OCH3 is 1. The van der Waals surface area contributed by atoms with Gasteiger partial charge in [0.15, 0.2) is 11.5 Å². The number of benzene rings is 2. The maximum absolute atomic E-state index is 6.39. The summed E-state index contributed by atoms with van der Waals surface area (Å²) in [6.45, 7) is 6.41. The summed E-state index contributed by atoms with van der Waals surface area (Å²) in [6.07, 6.45) is 1.10. The van der Waals surface area contributed by atoms with Crippen LogP contribution in [0, 0.1) is 6.92 Å². The van der Waals surface area contributed by atoms with E-state index < -0.39 is 0 Å². The molecule has 0 heterocycles. The predicted molar refractivity (Wildman–Crippen MR) is 95.5 cm³/mol. The molecule has 1 N–H and O–H groups in total. The van der Waals surface area contributed by atoms with Crippen LogP contribution < -0.4 is 14.8 Å². The summed E-state index contributed by atoms with van der Waals surface area (Å²) in [5.74, 6) is 1.26. The van der Waals surface area contributed by atoms with E-state index in [1.165, 1.54) is 5.56 Å². The van der Waals surface area contributed by atoms with Crippen molar-refractivity contribution in [3.8, 4) is 11.5 Å². The Balaban J connectivity index is 2.11. The molecule has 0 atom stereocenters. The first kappa shape index (κ1) is 17.6. The van der Waals surface area contributed by atoms with Crippen molar-refractivity contribution in [1.29, 1.82) is 0 Å². The molecule has 3 nitrogen and oxygen atoms in total. The molecule has 0 saturated carbocycles. The van der Waals surface area contributed by atoms with Crippen molar-refractivity contribution in [3.63, 3.8) is 0 Å². The van der Waals surface area contributed by atoms with Crippen molar-refractivity contribution in [3.05, 3.63) is 58.1 Å². The predicted octanol–water partition coefficient (Wildman–Crippen LogP) is 4.74. The van der Waals surface area contributed by atoms with E-state index in [4.69, 9.17) is 21.1 Å². The molecule has 0 amide bonds. The minimum atomic E-state index is 0.463. The van der Waals surface area contributed by atoms with E-state index in [2.05, 4.69) is 31.3 Å². The Morgan fingerprint density at radius 2 is 1.96 bits per heavy atom. The Hall–Kier alpha value is -1.71. The zero-order valence-corrected chi connectivity index (χ0v) is 14.7. The largest absolute Gasteiger partial charge is 0.493 e. The fourth-order valence-corrected chi connectivity index (χ4v) is 2.67. The van der Waals surface area contributed by atoms with E-state index in [-0.39, 0.29) is 0 Å². The van der Waals surface area contributed by atoms with E-state index in [9.17, 15) is 0 Å². The van der Waals surface area contributed by atoms with Crippen molar-refractivity contribution in [2.24, 2.45) is 0 Å². The Bertz CT molecular complexity index is 643. The molecule has 0 radical (unpaired) electrons. The quantitative estimate of drug-likeness (QED) is 0.708. The highest BCUT2D eigenvalue weighted by Gasteiger charge is 2.12. The molecule has 2 aromatic rings. The van der Waals surface area contributed by atoms with E-state index in [0.29, 0.717) is 23.1 Å². The summed E-state index contributed by atoms with van der Waals surface area (Å²) in [7, 11) is 1.63. The average molecular weight is 334 g/mol. The lowest BCUT2D eigenvalue weighted by Crippen LogP contribution is -2.14. The number of hydrogen-bond acceptors (Lipinski definition) is 3. The highest BCUT2D eigenvalue weighted by molar-refractivity contribution is 6.32. The molecule has 0 unspecified atom stereocenters. The smallest absolute Gasteiger partial charge is 0.180 e. The summed E-state index contributed by atoms with van der Waals surface area (Å²) in [5.41, 5.74) is 3.40. The Labute approximate surface area is 143 Å². The van der Waals surface area contributed by atoms with Gasteiger partial charge in [0, 0.05) is 6.54 Å². The number of hydrogen-bond donors (Lipinski definition) is 1. The normalized spacial score (nSPS) is 10.6. The van der Waals surface area contributed by atoms with Gasteiger partial charge >= 0.3 is 0 Å². The van der Waals surface area contributed by atoms with Crippen LogP contribution in [-0.2, 0) is 13.2 Å². The van der Waals surface area contributed by atoms with Gasteiger partial charge in [-0.25, -0.2) is 0 Å². The first-order chi connectivity index (χ1) is 11.1. The van der Waals surface area contributed by atoms with Gasteiger partial charge in [-0.2, -0.15) is 0 Å². The van der Waals surface area contributed by atoms with E-state index >= 15 is 0 Å². The van der Waals surface area contributed by atoms with Crippen molar-refractivity contribution >= 4 is 11.6 Å². The third-order valence-electron chi connectivity index (χ3n) is 3.51. The van der Waals surface area contributed by atoms with Crippen LogP contribution in [0.4, 0.5) is 0 Å². The fraction of sp³-hybridized carbons (Fsp3) is 0.368. The van der Waals surface area contributed by atoms with Crippen LogP contribution >= 0.6 is 11.6 Å². The SMILES string of the molecule is CCCNCc1cc(Cl)c(OCc2cccc(C)c2)c(OC)c1. The maximum Gasteiger partial charge on any atom is 0.180 e. The summed E-state index contributed by atoms with van der Waals surface area (Å²) in [4.78, 5) is 0. The van der Waals surface area contributed by atoms with Crippen LogP contribution in [0.2, 0.25) is 5.02 Å². The standard InChI is InChI=1S/C19H24ClNO2/c1-4-8-21-12-16-10-17(20)19(18(11-16)22-3)23-13-15-7-5-6-14(2)9-15/h5-7,9-11,21H,4,8,12-13H2,1-3H3. The number of aryl methyl sites for hydroxylation is 1. The molecular weight excluding hydrogens is 310 g/mol. The number of halogens is 1. The molecule has 0 aromatic heterocycles. The van der Waals surface area contributed by atoms with Crippen LogP contribution in [0.15, 0.2) is 36.4 Å². The van der Waals surface area contributed by atoms with Crippen LogP contribution in [-0.4, -0.2) is 13.7 Å². The first-order valence-corrected chi connectivity index (χ1v) is 8.27. The van der Waals surface area contributed by atoms with Crippen LogP contribution in [0.1, 0.15) is 30.0 Å². The summed E-state index contributed by atoms with van der Waals surface area (Å²) >= 11 is 6.39. The van der Waals surface area contributed by atoms with Crippen LogP contribution in [0.5, 0.6) is 11.5 Å². The molecule has 0 spiro atoms. The van der Waals surface area contributed by atoms with E-state index in [1.807, 2.05) is 24.3 Å². The molecule has 2 aromatic carbocycles. The van der Waals surface area contributed by atoms with Gasteiger partial charge in [0.05, 0.1) is 12.1 Å². The Morgan fingerprint density at radius 1 is 1.13 bits per heavy atom. The molecule has 2 rings (SSSR count). The zero-order chi connectivity index (χ0) is 16.7. The van der Waals surface area contributed by atoms with E-state index in [1.54, 1.807) is 7.11 Å². The van der Waals surface area contributed by atoms with Crippen molar-refractivity contribution in [2.75, 3.05) is 13.7 Å². The molecule has 0 aliphatic rings. The second-order valence-electron chi connectivity index (χ2n) is 5.56. The van der Waals surface area contributed by atoms with Crippen molar-refractivity contribution in [2.45, 2.75) is 33.4 Å². The van der Waals surface area contributed by atoms with E-state index in [0.717, 1.165) is 30.6 Å². The van der Waals surface area contributed by atoms with Gasteiger partial charge in [0.2, 0.25) is 0 Å². The molecule has 124 valence electrons. The lowest BCUT2D eigenvalue weighted by molar-refractivity contribution is 0.284. The Morgan fingerprint density at radius 3 is 2.65 bits per heavy atom. The second kappa shape index (κ2) is 8.80. The third-order valence-corrected chi connectivity index (χ3v) is 3.79. The summed E-state index contributed by atoms with van der Waals surface area (Å²) in [6, 6.07) is 12.1. The molecule has 0 saturated heterocycles. The molecule has 0 aliphatic heterocycles. The minimum Gasteiger partial charge on any atom is -0.493 e. The molecule has 4 heteroatoms. The van der Waals surface area contributed by atoms with Gasteiger partial charge < -0.3 is 14.8 Å². The van der Waals surface area contributed by atoms with Crippen molar-refractivity contribution in [1.82, 2.24) is 5.32 Å². The minimum absolute atomic E-state index is 0.463. The summed E-state index contributed by atoms with van der Waals surface area (Å²) < 4.78 is 11.4. The van der Waals surface area contributed by atoms with Crippen LogP contribution in [0.25, 0.3) is 0 Å². The lowest BCUT2D eigenvalue weighted by atomic mass is 10.1. The van der Waals surface area contributed by atoms with Gasteiger partial charge in [-0.15, -0.1) is 0 Å². The average Bonchev–Trinajstić information content (AvgIpc) is 2.53. The van der Waals surface area contributed by atoms with Gasteiger partial charge in [0.25, 0.3) is 0 Å².